The number of piperidine rings is 1. The van der Waals surface area contributed by atoms with Gasteiger partial charge >= 0.3 is 0 Å². The van der Waals surface area contributed by atoms with Gasteiger partial charge in [-0.1, -0.05) is 38.1 Å². The number of nitrogens with zero attached hydrogens (tertiary/aromatic N) is 1. The monoisotopic (exact) mass is 373 g/mol. The molecule has 2 saturated heterocycles. The minimum Gasteiger partial charge on any atom is -0.350 e. The Morgan fingerprint density at radius 2 is 1.67 bits per heavy atom. The van der Waals surface area contributed by atoms with Crippen LogP contribution < -0.4 is 0 Å². The number of hydrogen-bond acceptors (Lipinski definition) is 4. The van der Waals surface area contributed by atoms with E-state index in [1.54, 1.807) is 0 Å². The summed E-state index contributed by atoms with van der Waals surface area (Å²) in [4.78, 5) is 26.7. The zero-order valence-corrected chi connectivity index (χ0v) is 16.5. The Labute approximate surface area is 162 Å². The third-order valence-electron chi connectivity index (χ3n) is 5.41. The van der Waals surface area contributed by atoms with E-state index in [0.717, 1.165) is 32.4 Å². The van der Waals surface area contributed by atoms with Crippen molar-refractivity contribution in [2.45, 2.75) is 52.2 Å². The molecule has 0 spiro atoms. The van der Waals surface area contributed by atoms with Crippen molar-refractivity contribution < 1.29 is 19.1 Å². The summed E-state index contributed by atoms with van der Waals surface area (Å²) < 4.78 is 11.2. The summed E-state index contributed by atoms with van der Waals surface area (Å²) in [6, 6.07) is 7.81. The van der Waals surface area contributed by atoms with Crippen molar-refractivity contribution in [2.75, 3.05) is 26.3 Å². The van der Waals surface area contributed by atoms with Gasteiger partial charge in [-0.25, -0.2) is 0 Å². The van der Waals surface area contributed by atoms with E-state index in [9.17, 15) is 9.59 Å². The number of ketones is 1. The minimum absolute atomic E-state index is 0.0436. The quantitative estimate of drug-likeness (QED) is 0.687. The average molecular weight is 373 g/mol. The molecular formula is C22H31NO4. The zero-order chi connectivity index (χ0) is 19.2. The highest BCUT2D eigenvalue weighted by Gasteiger charge is 2.31. The van der Waals surface area contributed by atoms with Gasteiger partial charge < -0.3 is 14.4 Å². The normalized spacial score (nSPS) is 19.0. The van der Waals surface area contributed by atoms with E-state index in [2.05, 4.69) is 13.8 Å². The first-order valence-corrected chi connectivity index (χ1v) is 10.2. The molecule has 0 bridgehead atoms. The molecule has 0 unspecified atom stereocenters. The van der Waals surface area contributed by atoms with Gasteiger partial charge in [-0.3, -0.25) is 9.59 Å². The molecule has 3 rings (SSSR count). The first kappa shape index (κ1) is 20.0. The Hall–Kier alpha value is -1.72. The number of amides is 1. The van der Waals surface area contributed by atoms with Crippen molar-refractivity contribution in [3.63, 3.8) is 0 Å². The van der Waals surface area contributed by atoms with Crippen LogP contribution in [-0.2, 0) is 20.7 Å². The second kappa shape index (κ2) is 9.47. The van der Waals surface area contributed by atoms with Crippen LogP contribution in [0.25, 0.3) is 0 Å². The summed E-state index contributed by atoms with van der Waals surface area (Å²) in [5, 5.41) is 0. The van der Waals surface area contributed by atoms with Crippen LogP contribution in [0.15, 0.2) is 24.3 Å². The van der Waals surface area contributed by atoms with Gasteiger partial charge in [0.25, 0.3) is 0 Å². The first-order valence-electron chi connectivity index (χ1n) is 10.2. The van der Waals surface area contributed by atoms with Gasteiger partial charge in [-0.2, -0.15) is 0 Å². The molecule has 1 amide bonds. The van der Waals surface area contributed by atoms with Gasteiger partial charge in [0.2, 0.25) is 5.91 Å². The lowest BCUT2D eigenvalue weighted by Gasteiger charge is -2.33. The van der Waals surface area contributed by atoms with Gasteiger partial charge in [0.15, 0.2) is 12.1 Å². The molecule has 2 aliphatic rings. The molecule has 5 nitrogen and oxygen atoms in total. The van der Waals surface area contributed by atoms with Crippen molar-refractivity contribution in [2.24, 2.45) is 11.8 Å². The molecule has 148 valence electrons. The minimum atomic E-state index is -0.0949. The Morgan fingerprint density at radius 1 is 1.04 bits per heavy atom. The molecule has 0 N–H and O–H groups in total. The van der Waals surface area contributed by atoms with E-state index >= 15 is 0 Å². The Morgan fingerprint density at radius 3 is 2.26 bits per heavy atom. The number of likely N-dealkylation sites (tertiary alicyclic amines) is 1. The van der Waals surface area contributed by atoms with Crippen LogP contribution >= 0.6 is 0 Å². The van der Waals surface area contributed by atoms with Gasteiger partial charge in [-0.05, 0) is 30.7 Å². The number of benzene rings is 1. The van der Waals surface area contributed by atoms with Gasteiger partial charge in [-0.15, -0.1) is 0 Å². The van der Waals surface area contributed by atoms with Crippen molar-refractivity contribution in [1.82, 2.24) is 4.90 Å². The van der Waals surface area contributed by atoms with E-state index in [4.69, 9.17) is 9.47 Å². The van der Waals surface area contributed by atoms with Crippen molar-refractivity contribution >= 4 is 11.7 Å². The van der Waals surface area contributed by atoms with E-state index in [0.29, 0.717) is 30.6 Å². The van der Waals surface area contributed by atoms with Gasteiger partial charge in [0.05, 0.1) is 13.2 Å². The third-order valence-corrected chi connectivity index (χ3v) is 5.41. The number of hydrogen-bond donors (Lipinski definition) is 0. The van der Waals surface area contributed by atoms with Crippen LogP contribution in [0.1, 0.15) is 55.5 Å². The lowest BCUT2D eigenvalue weighted by molar-refractivity contribution is -0.136. The van der Waals surface area contributed by atoms with Crippen LogP contribution in [0.4, 0.5) is 0 Å². The van der Waals surface area contributed by atoms with Crippen LogP contribution in [0.2, 0.25) is 0 Å². The fourth-order valence-electron chi connectivity index (χ4n) is 3.89. The Balaban J connectivity index is 1.41. The molecular weight excluding hydrogens is 342 g/mol. The predicted octanol–water partition coefficient (Wildman–Crippen LogP) is 3.46. The molecule has 0 atom stereocenters. The van der Waals surface area contributed by atoms with Crippen molar-refractivity contribution in [1.29, 1.82) is 0 Å². The number of carbonyl (C=O) groups is 2. The van der Waals surface area contributed by atoms with Gasteiger partial charge in [0.1, 0.15) is 0 Å². The van der Waals surface area contributed by atoms with Crippen LogP contribution in [-0.4, -0.2) is 49.2 Å². The van der Waals surface area contributed by atoms with Crippen LogP contribution in [0.3, 0.4) is 0 Å². The largest absolute Gasteiger partial charge is 0.350 e. The predicted molar refractivity (Wildman–Crippen MR) is 104 cm³/mol. The van der Waals surface area contributed by atoms with Crippen molar-refractivity contribution in [3.8, 4) is 0 Å². The molecule has 0 aromatic heterocycles. The summed E-state index contributed by atoms with van der Waals surface area (Å²) >= 11 is 0. The van der Waals surface area contributed by atoms with Crippen molar-refractivity contribution in [3.05, 3.63) is 35.4 Å². The first-order chi connectivity index (χ1) is 13.0. The third kappa shape index (κ3) is 5.63. The summed E-state index contributed by atoms with van der Waals surface area (Å²) in [7, 11) is 0. The molecule has 0 saturated carbocycles. The smallest absolute Gasteiger partial charge is 0.223 e. The van der Waals surface area contributed by atoms with E-state index < -0.39 is 0 Å². The Kier molecular flexibility index (Phi) is 7.02. The SMILES string of the molecule is CC(C)Cc1ccc(C(=O)CCC(=O)N2CCC(C3OCCO3)CC2)cc1. The maximum Gasteiger partial charge on any atom is 0.223 e. The number of rotatable bonds is 7. The highest BCUT2D eigenvalue weighted by molar-refractivity contribution is 5.98. The number of Topliss-reactive ketones (excluding diaryl/α,β-unsaturated/α-hetero) is 1. The zero-order valence-electron chi connectivity index (χ0n) is 16.5. The van der Waals surface area contributed by atoms with Crippen LogP contribution in [0, 0.1) is 11.8 Å². The van der Waals surface area contributed by atoms with E-state index in [-0.39, 0.29) is 30.8 Å². The fourth-order valence-corrected chi connectivity index (χ4v) is 3.89. The number of ether oxygens (including phenoxy) is 2. The van der Waals surface area contributed by atoms with E-state index in [1.165, 1.54) is 5.56 Å². The maximum atomic E-state index is 12.4. The summed E-state index contributed by atoms with van der Waals surface area (Å²) in [6.07, 6.45) is 3.29. The summed E-state index contributed by atoms with van der Waals surface area (Å²) in [5.74, 6) is 1.09. The summed E-state index contributed by atoms with van der Waals surface area (Å²) in [5.41, 5.74) is 1.94. The lowest BCUT2D eigenvalue weighted by atomic mass is 9.95. The molecule has 27 heavy (non-hydrogen) atoms. The fraction of sp³-hybridized carbons (Fsp3) is 0.636. The molecule has 2 fully saturated rings. The molecule has 1 aromatic carbocycles. The molecule has 1 aromatic rings. The molecule has 0 radical (unpaired) electrons. The summed E-state index contributed by atoms with van der Waals surface area (Å²) in [6.45, 7) is 7.16. The maximum absolute atomic E-state index is 12.4. The lowest BCUT2D eigenvalue weighted by Crippen LogP contribution is -2.41. The Bertz CT molecular complexity index is 626. The second-order valence-corrected chi connectivity index (χ2v) is 8.05. The number of carbonyl (C=O) groups excluding carboxylic acids is 2. The molecule has 0 aliphatic carbocycles. The second-order valence-electron chi connectivity index (χ2n) is 8.05. The molecule has 2 aliphatic heterocycles. The highest BCUT2D eigenvalue weighted by atomic mass is 16.7. The standard InChI is InChI=1S/C22H31NO4/c1-16(2)15-17-3-5-18(6-4-17)20(24)7-8-21(25)23-11-9-19(10-12-23)22-26-13-14-27-22/h3-6,16,19,22H,7-15H2,1-2H3. The van der Waals surface area contributed by atoms with Gasteiger partial charge in [0, 0.05) is 37.4 Å². The molecule has 2 heterocycles. The molecule has 5 heteroatoms. The van der Waals surface area contributed by atoms with E-state index in [1.807, 2.05) is 29.2 Å². The topological polar surface area (TPSA) is 55.8 Å². The average Bonchev–Trinajstić information content (AvgIpc) is 3.21. The van der Waals surface area contributed by atoms with Crippen LogP contribution in [0.5, 0.6) is 0 Å². The highest BCUT2D eigenvalue weighted by Crippen LogP contribution is 2.26.